The lowest BCUT2D eigenvalue weighted by Gasteiger charge is -2.27. The third kappa shape index (κ3) is 4.32. The number of hydrogen-bond acceptors (Lipinski definition) is 8. The molecular formula is C24H28F2N6O2S. The van der Waals surface area contributed by atoms with E-state index in [9.17, 15) is 9.18 Å². The van der Waals surface area contributed by atoms with Gasteiger partial charge in [-0.25, -0.2) is 18.7 Å². The first kappa shape index (κ1) is 23.8. The Hall–Kier alpha value is -2.89. The van der Waals surface area contributed by atoms with Crippen LogP contribution in [0.5, 0.6) is 0 Å². The zero-order chi connectivity index (χ0) is 24.9. The number of thiophene rings is 1. The lowest BCUT2D eigenvalue weighted by atomic mass is 9.91. The van der Waals surface area contributed by atoms with Crippen LogP contribution in [-0.4, -0.2) is 61.3 Å². The van der Waals surface area contributed by atoms with Crippen LogP contribution in [0, 0.1) is 18.6 Å². The van der Waals surface area contributed by atoms with Crippen LogP contribution < -0.4 is 21.3 Å². The average Bonchev–Trinajstić information content (AvgIpc) is 3.40. The van der Waals surface area contributed by atoms with Gasteiger partial charge in [0.1, 0.15) is 15.5 Å². The van der Waals surface area contributed by atoms with Gasteiger partial charge < -0.3 is 26.0 Å². The number of halogens is 2. The Morgan fingerprint density at radius 1 is 1.26 bits per heavy atom. The Balaban J connectivity index is 1.31. The van der Waals surface area contributed by atoms with Crippen molar-refractivity contribution in [3.63, 3.8) is 0 Å². The summed E-state index contributed by atoms with van der Waals surface area (Å²) < 4.78 is 34.5. The Morgan fingerprint density at radius 2 is 2.06 bits per heavy atom. The van der Waals surface area contributed by atoms with Gasteiger partial charge in [-0.05, 0) is 50.9 Å². The number of nitrogen functional groups attached to an aromatic ring is 1. The lowest BCUT2D eigenvalue weighted by Crippen LogP contribution is -2.39. The molecule has 0 saturated carbocycles. The molecule has 3 aromatic heterocycles. The summed E-state index contributed by atoms with van der Waals surface area (Å²) in [6.45, 7) is 2.75. The second-order valence-electron chi connectivity index (χ2n) is 9.14. The van der Waals surface area contributed by atoms with Crippen molar-refractivity contribution >= 4 is 39.0 Å². The summed E-state index contributed by atoms with van der Waals surface area (Å²) in [5.41, 5.74) is 8.27. The number of rotatable bonds is 5. The molecule has 0 bridgehead atoms. The van der Waals surface area contributed by atoms with Gasteiger partial charge in [0.05, 0.1) is 23.5 Å². The number of carbonyl (C=O) groups excluding carboxylic acids is 1. The highest BCUT2D eigenvalue weighted by atomic mass is 32.1. The maximum atomic E-state index is 15.1. The summed E-state index contributed by atoms with van der Waals surface area (Å²) in [5.74, 6) is -0.818. The molecule has 4 N–H and O–H groups in total. The number of fused-ring (bicyclic) bond motifs is 2. The predicted molar refractivity (Wildman–Crippen MR) is 132 cm³/mol. The molecular weight excluding hydrogens is 474 g/mol. The van der Waals surface area contributed by atoms with E-state index in [1.807, 2.05) is 11.9 Å². The number of likely N-dealkylation sites (N-methyl/N-ethyl adjacent to an activating group) is 1. The van der Waals surface area contributed by atoms with Gasteiger partial charge in [-0.3, -0.25) is 4.79 Å². The van der Waals surface area contributed by atoms with Crippen LogP contribution in [0.2, 0.25) is 0 Å². The zero-order valence-corrected chi connectivity index (χ0v) is 20.6. The number of methoxy groups -OCH3 is 1. The van der Waals surface area contributed by atoms with E-state index in [0.29, 0.717) is 53.3 Å². The summed E-state index contributed by atoms with van der Waals surface area (Å²) in [7, 11) is 3.53. The molecule has 11 heteroatoms. The largest absolute Gasteiger partial charge is 0.397 e. The molecule has 0 aromatic carbocycles. The van der Waals surface area contributed by atoms with Crippen LogP contribution in [0.25, 0.3) is 10.2 Å². The highest BCUT2D eigenvalue weighted by Crippen LogP contribution is 2.34. The molecule has 3 unspecified atom stereocenters. The number of anilines is 2. The van der Waals surface area contributed by atoms with Gasteiger partial charge in [-0.1, -0.05) is 0 Å². The predicted octanol–water partition coefficient (Wildman–Crippen LogP) is 2.57. The van der Waals surface area contributed by atoms with E-state index in [1.165, 1.54) is 12.1 Å². The van der Waals surface area contributed by atoms with Crippen molar-refractivity contribution in [2.75, 3.05) is 37.9 Å². The van der Waals surface area contributed by atoms with Crippen molar-refractivity contribution in [3.05, 3.63) is 45.6 Å². The molecule has 8 nitrogen and oxygen atoms in total. The Labute approximate surface area is 205 Å². The minimum Gasteiger partial charge on any atom is -0.397 e. The van der Waals surface area contributed by atoms with E-state index in [1.54, 1.807) is 14.0 Å². The molecule has 35 heavy (non-hydrogen) atoms. The number of nitrogens with one attached hydrogen (secondary N) is 2. The average molecular weight is 503 g/mol. The first-order chi connectivity index (χ1) is 16.8. The molecule has 3 aromatic rings. The van der Waals surface area contributed by atoms with Gasteiger partial charge in [0.25, 0.3) is 5.91 Å². The van der Waals surface area contributed by atoms with Crippen LogP contribution in [0.1, 0.15) is 33.0 Å². The molecule has 1 fully saturated rings. The fraction of sp³-hybridized carbons (Fsp3) is 0.458. The van der Waals surface area contributed by atoms with Crippen LogP contribution in [0.4, 0.5) is 20.3 Å². The number of amides is 1. The number of ether oxygens (including phenoxy) is 1. The second-order valence-corrected chi connectivity index (χ2v) is 10.1. The molecule has 5 rings (SSSR count). The van der Waals surface area contributed by atoms with Gasteiger partial charge >= 0.3 is 0 Å². The van der Waals surface area contributed by atoms with Gasteiger partial charge in [-0.2, -0.15) is 0 Å². The molecule has 0 radical (unpaired) electrons. The highest BCUT2D eigenvalue weighted by molar-refractivity contribution is 7.21. The topological polar surface area (TPSA) is 105 Å². The lowest BCUT2D eigenvalue weighted by molar-refractivity contribution is 0.0938. The summed E-state index contributed by atoms with van der Waals surface area (Å²) in [6.07, 6.45) is 1.74. The van der Waals surface area contributed by atoms with Crippen LogP contribution in [0.15, 0.2) is 12.1 Å². The van der Waals surface area contributed by atoms with E-state index in [0.717, 1.165) is 22.6 Å². The van der Waals surface area contributed by atoms with Gasteiger partial charge in [0, 0.05) is 37.3 Å². The van der Waals surface area contributed by atoms with E-state index in [-0.39, 0.29) is 41.3 Å². The van der Waals surface area contributed by atoms with Crippen molar-refractivity contribution in [3.8, 4) is 0 Å². The second kappa shape index (κ2) is 9.29. The molecule has 4 heterocycles. The van der Waals surface area contributed by atoms with Crippen molar-refractivity contribution in [1.82, 2.24) is 20.6 Å². The highest BCUT2D eigenvalue weighted by Gasteiger charge is 2.35. The third-order valence-electron chi connectivity index (χ3n) is 6.95. The Kier molecular flexibility index (Phi) is 6.32. The number of carbonyl (C=O) groups is 1. The zero-order valence-electron chi connectivity index (χ0n) is 19.8. The first-order valence-corrected chi connectivity index (χ1v) is 12.4. The Bertz CT molecular complexity index is 1290. The fourth-order valence-electron chi connectivity index (χ4n) is 4.96. The molecule has 1 aliphatic heterocycles. The van der Waals surface area contributed by atoms with E-state index < -0.39 is 5.82 Å². The summed E-state index contributed by atoms with van der Waals surface area (Å²) in [6, 6.07) is 2.77. The standard InChI is InChI=1S/C24H28F2N6O2S/c1-11-15(25)8-14-20(27)21(35-24(14)29-11)23(33)30-13-4-5-17-12(6-13)7-16(26)22(31-17)32-9-18(28-2)19(10-32)34-3/h7-8,13,18-19,28H,4-6,9-10,27H2,1-3H3,(H,30,33). The maximum Gasteiger partial charge on any atom is 0.263 e. The molecule has 1 aliphatic carbocycles. The maximum absolute atomic E-state index is 15.1. The number of nitrogens with two attached hydrogens (primary N) is 1. The third-order valence-corrected chi connectivity index (χ3v) is 8.07. The monoisotopic (exact) mass is 502 g/mol. The van der Waals surface area contributed by atoms with Crippen molar-refractivity contribution in [1.29, 1.82) is 0 Å². The summed E-state index contributed by atoms with van der Waals surface area (Å²) in [4.78, 5) is 24.6. The Morgan fingerprint density at radius 3 is 2.77 bits per heavy atom. The number of aryl methyl sites for hydroxylation is 2. The molecule has 3 atom stereocenters. The SMILES string of the molecule is CNC1CN(c2nc3c(cc2F)CC(NC(=O)c2sc4nc(C)c(F)cc4c2N)CC3)CC1OC. The number of pyridine rings is 2. The van der Waals surface area contributed by atoms with Crippen LogP contribution in [0.3, 0.4) is 0 Å². The number of aromatic nitrogens is 2. The van der Waals surface area contributed by atoms with Crippen LogP contribution >= 0.6 is 11.3 Å². The fourth-order valence-corrected chi connectivity index (χ4v) is 5.98. The van der Waals surface area contributed by atoms with E-state index in [4.69, 9.17) is 10.5 Å². The number of nitrogens with zero attached hydrogens (tertiary/aromatic N) is 3. The molecule has 2 aliphatic rings. The minimum atomic E-state index is -0.458. The van der Waals surface area contributed by atoms with E-state index in [2.05, 4.69) is 20.6 Å². The van der Waals surface area contributed by atoms with Gasteiger partial charge in [-0.15, -0.1) is 11.3 Å². The van der Waals surface area contributed by atoms with Crippen molar-refractivity contribution < 1.29 is 18.3 Å². The molecule has 1 saturated heterocycles. The molecule has 0 spiro atoms. The molecule has 1 amide bonds. The van der Waals surface area contributed by atoms with Gasteiger partial charge in [0.15, 0.2) is 11.6 Å². The summed E-state index contributed by atoms with van der Waals surface area (Å²) >= 11 is 1.14. The van der Waals surface area contributed by atoms with Crippen molar-refractivity contribution in [2.45, 2.75) is 44.4 Å². The quantitative estimate of drug-likeness (QED) is 0.493. The summed E-state index contributed by atoms with van der Waals surface area (Å²) in [5, 5.41) is 6.66. The van der Waals surface area contributed by atoms with Gasteiger partial charge in [0.2, 0.25) is 0 Å². The van der Waals surface area contributed by atoms with Crippen molar-refractivity contribution in [2.24, 2.45) is 0 Å². The molecule has 186 valence electrons. The number of hydrogen-bond donors (Lipinski definition) is 3. The first-order valence-electron chi connectivity index (χ1n) is 11.6. The normalized spacial score (nSPS) is 22.0. The van der Waals surface area contributed by atoms with E-state index >= 15 is 4.39 Å². The smallest absolute Gasteiger partial charge is 0.263 e. The van der Waals surface area contributed by atoms with Crippen LogP contribution in [-0.2, 0) is 17.6 Å². The minimum absolute atomic E-state index is 0.0335.